The van der Waals surface area contributed by atoms with Gasteiger partial charge in [0.2, 0.25) is 11.8 Å². The van der Waals surface area contributed by atoms with Gasteiger partial charge in [0.15, 0.2) is 0 Å². The Bertz CT molecular complexity index is 788. The van der Waals surface area contributed by atoms with Crippen molar-refractivity contribution < 1.29 is 19.5 Å². The number of carboxylic acid groups (broad SMARTS) is 1. The Morgan fingerprint density at radius 3 is 2.59 bits per heavy atom. The summed E-state index contributed by atoms with van der Waals surface area (Å²) in [4.78, 5) is 40.5. The number of carboxylic acids is 1. The molecule has 0 radical (unpaired) electrons. The second-order valence-electron chi connectivity index (χ2n) is 6.26. The number of benzene rings is 1. The third-order valence-corrected chi connectivity index (χ3v) is 4.20. The van der Waals surface area contributed by atoms with Gasteiger partial charge in [-0.3, -0.25) is 9.59 Å². The van der Waals surface area contributed by atoms with Crippen LogP contribution < -0.4 is 5.32 Å². The smallest absolute Gasteiger partial charge is 0.326 e. The van der Waals surface area contributed by atoms with Crippen molar-refractivity contribution in [3.63, 3.8) is 0 Å². The summed E-state index contributed by atoms with van der Waals surface area (Å²) in [7, 11) is 0. The van der Waals surface area contributed by atoms with Crippen molar-refractivity contribution >= 4 is 17.8 Å². The van der Waals surface area contributed by atoms with E-state index in [4.69, 9.17) is 0 Å². The maximum absolute atomic E-state index is 12.7. The molecule has 8 nitrogen and oxygen atoms in total. The van der Waals surface area contributed by atoms with Gasteiger partial charge in [-0.1, -0.05) is 30.3 Å². The highest BCUT2D eigenvalue weighted by molar-refractivity contribution is 5.84. The van der Waals surface area contributed by atoms with E-state index in [1.54, 1.807) is 12.5 Å². The highest BCUT2D eigenvalue weighted by atomic mass is 16.4. The first kappa shape index (κ1) is 20.2. The Balaban J connectivity index is 2.09. The van der Waals surface area contributed by atoms with Gasteiger partial charge in [0, 0.05) is 38.4 Å². The molecule has 0 saturated heterocycles. The van der Waals surface area contributed by atoms with Crippen LogP contribution in [0.15, 0.2) is 42.9 Å². The average Bonchev–Trinajstić information content (AvgIpc) is 3.05. The maximum atomic E-state index is 12.7. The zero-order valence-electron chi connectivity index (χ0n) is 15.5. The van der Waals surface area contributed by atoms with Gasteiger partial charge in [-0.15, -0.1) is 0 Å². The summed E-state index contributed by atoms with van der Waals surface area (Å²) in [6.07, 6.45) is 3.29. The lowest BCUT2D eigenvalue weighted by Crippen LogP contribution is -2.47. The van der Waals surface area contributed by atoms with E-state index < -0.39 is 12.0 Å². The molecule has 1 unspecified atom stereocenters. The molecule has 2 aromatic rings. The van der Waals surface area contributed by atoms with Gasteiger partial charge in [0.25, 0.3) is 0 Å². The number of nitrogens with one attached hydrogen (secondary N) is 1. The summed E-state index contributed by atoms with van der Waals surface area (Å²) < 4.78 is 1.87. The summed E-state index contributed by atoms with van der Waals surface area (Å²) >= 11 is 0. The fourth-order valence-electron chi connectivity index (χ4n) is 2.69. The lowest BCUT2D eigenvalue weighted by atomic mass is 10.2. The van der Waals surface area contributed by atoms with Gasteiger partial charge in [-0.2, -0.15) is 0 Å². The summed E-state index contributed by atoms with van der Waals surface area (Å²) in [5.41, 5.74) is 1.77. The molecule has 1 heterocycles. The van der Waals surface area contributed by atoms with Crippen LogP contribution in [0.25, 0.3) is 0 Å². The number of hydrogen-bond acceptors (Lipinski definition) is 4. The van der Waals surface area contributed by atoms with E-state index in [0.29, 0.717) is 12.2 Å². The number of carbonyl (C=O) groups excluding carboxylic acids is 2. The van der Waals surface area contributed by atoms with Crippen molar-refractivity contribution in [1.29, 1.82) is 0 Å². The predicted octanol–water partition coefficient (Wildman–Crippen LogP) is 0.912. The summed E-state index contributed by atoms with van der Waals surface area (Å²) in [6, 6.07) is 8.79. The van der Waals surface area contributed by atoms with Gasteiger partial charge >= 0.3 is 5.97 Å². The standard InChI is InChI=1S/C19H24N4O4/c1-14(19(26)27)23(9-8-21-15(2)24)18(25)10-17-11-20-13-22(17)12-16-6-4-3-5-7-16/h3-7,11,13-14H,8-10,12H2,1-2H3,(H,21,24)(H,26,27). The first-order valence-electron chi connectivity index (χ1n) is 8.68. The number of nitrogens with zero attached hydrogens (tertiary/aromatic N) is 3. The molecule has 144 valence electrons. The van der Waals surface area contributed by atoms with Gasteiger partial charge < -0.3 is 19.9 Å². The van der Waals surface area contributed by atoms with E-state index in [-0.39, 0.29) is 31.3 Å². The van der Waals surface area contributed by atoms with Crippen molar-refractivity contribution in [2.24, 2.45) is 0 Å². The van der Waals surface area contributed by atoms with Crippen molar-refractivity contribution in [2.75, 3.05) is 13.1 Å². The normalized spacial score (nSPS) is 11.6. The van der Waals surface area contributed by atoms with E-state index >= 15 is 0 Å². The molecule has 2 N–H and O–H groups in total. The molecular formula is C19H24N4O4. The van der Waals surface area contributed by atoms with Crippen LogP contribution in [-0.4, -0.2) is 56.5 Å². The highest BCUT2D eigenvalue weighted by Crippen LogP contribution is 2.10. The Morgan fingerprint density at radius 2 is 1.96 bits per heavy atom. The van der Waals surface area contributed by atoms with E-state index in [1.807, 2.05) is 34.9 Å². The Hall–Kier alpha value is -3.16. The average molecular weight is 372 g/mol. The first-order chi connectivity index (χ1) is 12.9. The number of aromatic nitrogens is 2. The monoisotopic (exact) mass is 372 g/mol. The number of rotatable bonds is 9. The maximum Gasteiger partial charge on any atom is 0.326 e. The van der Waals surface area contributed by atoms with E-state index in [2.05, 4.69) is 10.3 Å². The third-order valence-electron chi connectivity index (χ3n) is 4.20. The van der Waals surface area contributed by atoms with Gasteiger partial charge in [-0.05, 0) is 12.5 Å². The molecule has 27 heavy (non-hydrogen) atoms. The molecule has 0 fully saturated rings. The van der Waals surface area contributed by atoms with Crippen molar-refractivity contribution in [3.8, 4) is 0 Å². The summed E-state index contributed by atoms with van der Waals surface area (Å²) in [5.74, 6) is -1.65. The SMILES string of the molecule is CC(=O)NCCN(C(=O)Cc1cncn1Cc1ccccc1)C(C)C(=O)O. The fraction of sp³-hybridized carbons (Fsp3) is 0.368. The van der Waals surface area contributed by atoms with Gasteiger partial charge in [0.05, 0.1) is 12.7 Å². The van der Waals surface area contributed by atoms with Gasteiger partial charge in [0.1, 0.15) is 6.04 Å². The van der Waals surface area contributed by atoms with Crippen LogP contribution in [0.2, 0.25) is 0 Å². The number of amides is 2. The number of imidazole rings is 1. The van der Waals surface area contributed by atoms with Crippen molar-refractivity contribution in [3.05, 3.63) is 54.1 Å². The largest absolute Gasteiger partial charge is 0.480 e. The zero-order valence-corrected chi connectivity index (χ0v) is 15.5. The molecule has 0 aliphatic heterocycles. The van der Waals surface area contributed by atoms with Crippen LogP contribution in [0.1, 0.15) is 25.1 Å². The van der Waals surface area contributed by atoms with Gasteiger partial charge in [-0.25, -0.2) is 9.78 Å². The van der Waals surface area contributed by atoms with Crippen LogP contribution in [0.4, 0.5) is 0 Å². The fourth-order valence-corrected chi connectivity index (χ4v) is 2.69. The second-order valence-corrected chi connectivity index (χ2v) is 6.26. The molecule has 2 rings (SSSR count). The number of aliphatic carboxylic acids is 1. The molecule has 0 spiro atoms. The lowest BCUT2D eigenvalue weighted by Gasteiger charge is -2.26. The molecule has 0 bridgehead atoms. The predicted molar refractivity (Wildman–Crippen MR) is 99.0 cm³/mol. The minimum absolute atomic E-state index is 0.0323. The third kappa shape index (κ3) is 5.95. The number of hydrogen-bond donors (Lipinski definition) is 2. The Morgan fingerprint density at radius 1 is 1.26 bits per heavy atom. The minimum atomic E-state index is -1.09. The molecular weight excluding hydrogens is 348 g/mol. The van der Waals surface area contributed by atoms with Crippen molar-refractivity contribution in [2.45, 2.75) is 32.9 Å². The molecule has 1 aromatic heterocycles. The van der Waals surface area contributed by atoms with Crippen molar-refractivity contribution in [1.82, 2.24) is 19.8 Å². The minimum Gasteiger partial charge on any atom is -0.480 e. The van der Waals surface area contributed by atoms with Crippen LogP contribution >= 0.6 is 0 Å². The zero-order chi connectivity index (χ0) is 19.8. The molecule has 1 atom stereocenters. The molecule has 0 saturated carbocycles. The van der Waals surface area contributed by atoms with Crippen LogP contribution in [-0.2, 0) is 27.3 Å². The van der Waals surface area contributed by atoms with E-state index in [0.717, 1.165) is 5.56 Å². The van der Waals surface area contributed by atoms with Crippen LogP contribution in [0.5, 0.6) is 0 Å². The molecule has 0 aliphatic rings. The first-order valence-corrected chi connectivity index (χ1v) is 8.68. The van der Waals surface area contributed by atoms with Crippen LogP contribution in [0, 0.1) is 0 Å². The quantitative estimate of drug-likeness (QED) is 0.681. The highest BCUT2D eigenvalue weighted by Gasteiger charge is 2.26. The number of carbonyl (C=O) groups is 3. The van der Waals surface area contributed by atoms with E-state index in [1.165, 1.54) is 18.7 Å². The molecule has 8 heteroatoms. The molecule has 1 aromatic carbocycles. The Labute approximate surface area is 157 Å². The summed E-state index contributed by atoms with van der Waals surface area (Å²) in [5, 5.41) is 11.9. The Kier molecular flexibility index (Phi) is 7.10. The van der Waals surface area contributed by atoms with Crippen LogP contribution in [0.3, 0.4) is 0 Å². The van der Waals surface area contributed by atoms with E-state index in [9.17, 15) is 19.5 Å². The second kappa shape index (κ2) is 9.51. The topological polar surface area (TPSA) is 105 Å². The summed E-state index contributed by atoms with van der Waals surface area (Å²) in [6.45, 7) is 3.72. The molecule has 0 aliphatic carbocycles. The molecule has 2 amide bonds. The lowest BCUT2D eigenvalue weighted by molar-refractivity contribution is -0.149.